The minimum absolute atomic E-state index is 0.116. The summed E-state index contributed by atoms with van der Waals surface area (Å²) in [4.78, 5) is 10.9. The minimum Gasteiger partial charge on any atom is -0.258 e. The summed E-state index contributed by atoms with van der Waals surface area (Å²) in [5.74, 6) is 0. The molecule has 0 saturated carbocycles. The van der Waals surface area contributed by atoms with Crippen LogP contribution in [0.1, 0.15) is 0 Å². The Hall–Kier alpha value is -3.53. The van der Waals surface area contributed by atoms with Crippen LogP contribution in [0.15, 0.2) is 83.8 Å². The van der Waals surface area contributed by atoms with E-state index in [9.17, 15) is 18.5 Å². The summed E-state index contributed by atoms with van der Waals surface area (Å²) in [7, 11) is -4.05. The fourth-order valence-electron chi connectivity index (χ4n) is 3.24. The highest BCUT2D eigenvalue weighted by Gasteiger charge is 2.23. The lowest BCUT2D eigenvalue weighted by Gasteiger charge is -2.11. The van der Waals surface area contributed by atoms with E-state index in [1.807, 2.05) is 0 Å². The van der Waals surface area contributed by atoms with E-state index < -0.39 is 14.9 Å². The summed E-state index contributed by atoms with van der Waals surface area (Å²) < 4.78 is 25.8. The first-order valence-electron chi connectivity index (χ1n) is 8.98. The maximum Gasteiger partial charge on any atom is 0.278 e. The second-order valence-electron chi connectivity index (χ2n) is 6.62. The van der Waals surface area contributed by atoms with Crippen LogP contribution in [-0.2, 0) is 10.0 Å². The molecule has 0 radical (unpaired) electrons. The molecule has 0 saturated heterocycles. The van der Waals surface area contributed by atoms with Crippen molar-refractivity contribution in [2.24, 2.45) is 5.14 Å². The van der Waals surface area contributed by atoms with Crippen molar-refractivity contribution in [3.8, 4) is 28.2 Å². The predicted molar refractivity (Wildman–Crippen MR) is 117 cm³/mol. The number of nitrogens with two attached hydrogens (primary N) is 1. The summed E-state index contributed by atoms with van der Waals surface area (Å²) in [6.07, 6.45) is 0. The van der Waals surface area contributed by atoms with Crippen molar-refractivity contribution < 1.29 is 13.3 Å². The average molecular weight is 455 g/mol. The van der Waals surface area contributed by atoms with Crippen LogP contribution in [0.4, 0.5) is 5.69 Å². The van der Waals surface area contributed by atoms with Gasteiger partial charge in [0.2, 0.25) is 10.0 Å². The Morgan fingerprint density at radius 1 is 0.968 bits per heavy atom. The molecular weight excluding hydrogens is 440 g/mol. The third-order valence-electron chi connectivity index (χ3n) is 4.63. The molecule has 31 heavy (non-hydrogen) atoms. The largest absolute Gasteiger partial charge is 0.278 e. The van der Waals surface area contributed by atoms with Crippen LogP contribution in [0.25, 0.3) is 28.2 Å². The van der Waals surface area contributed by atoms with Gasteiger partial charge in [-0.25, -0.2) is 18.2 Å². The summed E-state index contributed by atoms with van der Waals surface area (Å²) in [5.41, 5.74) is 1.91. The van der Waals surface area contributed by atoms with Crippen molar-refractivity contribution in [1.29, 1.82) is 0 Å². The van der Waals surface area contributed by atoms with Gasteiger partial charge in [0.25, 0.3) is 5.69 Å². The van der Waals surface area contributed by atoms with E-state index in [0.717, 1.165) is 0 Å². The number of para-hydroxylation sites is 2. The second kappa shape index (κ2) is 7.95. The Bertz CT molecular complexity index is 1400. The fraction of sp³-hybridized carbons (Fsp3) is 0. The Morgan fingerprint density at radius 2 is 1.61 bits per heavy atom. The first kappa shape index (κ1) is 20.7. The van der Waals surface area contributed by atoms with E-state index in [1.165, 1.54) is 16.8 Å². The SMILES string of the molecule is NS(=O)(=O)c1ccccc1-n1nc(-c2ccccc2[N+](=O)[O-])cc1-c1ccc(Cl)cc1. The van der Waals surface area contributed by atoms with Crippen LogP contribution in [0, 0.1) is 10.1 Å². The van der Waals surface area contributed by atoms with Gasteiger partial charge in [-0.1, -0.05) is 48.0 Å². The van der Waals surface area contributed by atoms with E-state index in [4.69, 9.17) is 16.7 Å². The van der Waals surface area contributed by atoms with Crippen LogP contribution >= 0.6 is 11.6 Å². The Labute approximate surface area is 182 Å². The van der Waals surface area contributed by atoms with Crippen LogP contribution in [0.2, 0.25) is 5.02 Å². The number of nitrogens with zero attached hydrogens (tertiary/aromatic N) is 3. The van der Waals surface area contributed by atoms with Gasteiger partial charge in [-0.3, -0.25) is 10.1 Å². The van der Waals surface area contributed by atoms with Crippen LogP contribution in [0.3, 0.4) is 0 Å². The number of halogens is 1. The molecule has 0 aliphatic heterocycles. The predicted octanol–water partition coefficient (Wildman–Crippen LogP) is 4.42. The summed E-state index contributed by atoms with van der Waals surface area (Å²) >= 11 is 6.00. The summed E-state index contributed by atoms with van der Waals surface area (Å²) in [6.45, 7) is 0. The number of sulfonamides is 1. The molecule has 0 spiro atoms. The van der Waals surface area contributed by atoms with Crippen molar-refractivity contribution >= 4 is 27.3 Å². The van der Waals surface area contributed by atoms with Gasteiger partial charge < -0.3 is 0 Å². The molecular formula is C21H15ClN4O4S. The van der Waals surface area contributed by atoms with Crippen LogP contribution in [0.5, 0.6) is 0 Å². The van der Waals surface area contributed by atoms with Gasteiger partial charge in [0.1, 0.15) is 10.6 Å². The van der Waals surface area contributed by atoms with Gasteiger partial charge in [-0.05, 0) is 36.4 Å². The van der Waals surface area contributed by atoms with Gasteiger partial charge in [0.05, 0.1) is 21.9 Å². The minimum atomic E-state index is -4.05. The molecule has 0 aliphatic carbocycles. The quantitative estimate of drug-likeness (QED) is 0.353. The highest BCUT2D eigenvalue weighted by molar-refractivity contribution is 7.89. The van der Waals surface area contributed by atoms with Crippen molar-refractivity contribution in [3.05, 3.63) is 94.0 Å². The normalized spacial score (nSPS) is 11.4. The molecule has 0 atom stereocenters. The lowest BCUT2D eigenvalue weighted by atomic mass is 10.1. The molecule has 0 amide bonds. The highest BCUT2D eigenvalue weighted by atomic mass is 35.5. The zero-order chi connectivity index (χ0) is 22.2. The Morgan fingerprint density at radius 3 is 2.29 bits per heavy atom. The number of aromatic nitrogens is 2. The molecule has 1 heterocycles. The molecule has 8 nitrogen and oxygen atoms in total. The zero-order valence-electron chi connectivity index (χ0n) is 15.8. The van der Waals surface area contributed by atoms with E-state index in [1.54, 1.807) is 66.7 Å². The zero-order valence-corrected chi connectivity index (χ0v) is 17.4. The maximum atomic E-state index is 12.2. The molecule has 10 heteroatoms. The standard InChI is InChI=1S/C21H15ClN4O4S/c22-15-11-9-14(10-12-15)20-13-17(16-5-1-2-6-18(16)26(27)28)24-25(20)19-7-3-4-8-21(19)31(23,29)30/h1-13H,(H2,23,29,30). The number of rotatable bonds is 5. The average Bonchev–Trinajstić information content (AvgIpc) is 3.19. The molecule has 0 unspecified atom stereocenters. The number of hydrogen-bond donors (Lipinski definition) is 1. The van der Waals surface area contributed by atoms with E-state index in [-0.39, 0.29) is 16.3 Å². The number of nitro groups is 1. The Balaban J connectivity index is 2.02. The molecule has 0 aliphatic rings. The first-order valence-corrected chi connectivity index (χ1v) is 10.9. The van der Waals surface area contributed by atoms with Crippen molar-refractivity contribution in [2.75, 3.05) is 0 Å². The van der Waals surface area contributed by atoms with Gasteiger partial charge in [-0.2, -0.15) is 5.10 Å². The summed E-state index contributed by atoms with van der Waals surface area (Å²) in [5, 5.41) is 22.0. The smallest absolute Gasteiger partial charge is 0.258 e. The van der Waals surface area contributed by atoms with Gasteiger partial charge in [0, 0.05) is 16.7 Å². The van der Waals surface area contributed by atoms with Crippen molar-refractivity contribution in [1.82, 2.24) is 9.78 Å². The maximum absolute atomic E-state index is 12.2. The van der Waals surface area contributed by atoms with E-state index in [0.29, 0.717) is 27.5 Å². The first-order chi connectivity index (χ1) is 14.8. The summed E-state index contributed by atoms with van der Waals surface area (Å²) in [6, 6.07) is 20.9. The molecule has 3 aromatic carbocycles. The monoisotopic (exact) mass is 454 g/mol. The number of primary sulfonamides is 1. The molecule has 0 bridgehead atoms. The number of hydrogen-bond acceptors (Lipinski definition) is 5. The second-order valence-corrected chi connectivity index (χ2v) is 8.59. The van der Waals surface area contributed by atoms with Crippen LogP contribution in [-0.4, -0.2) is 23.1 Å². The molecule has 4 rings (SSSR count). The van der Waals surface area contributed by atoms with E-state index in [2.05, 4.69) is 5.10 Å². The van der Waals surface area contributed by atoms with Crippen molar-refractivity contribution in [3.63, 3.8) is 0 Å². The van der Waals surface area contributed by atoms with Gasteiger partial charge >= 0.3 is 0 Å². The van der Waals surface area contributed by atoms with Crippen molar-refractivity contribution in [2.45, 2.75) is 4.90 Å². The molecule has 0 fully saturated rings. The third-order valence-corrected chi connectivity index (χ3v) is 5.84. The van der Waals surface area contributed by atoms with Gasteiger partial charge in [0.15, 0.2) is 0 Å². The highest BCUT2D eigenvalue weighted by Crippen LogP contribution is 2.34. The fourth-order valence-corrected chi connectivity index (χ4v) is 4.09. The lowest BCUT2D eigenvalue weighted by molar-refractivity contribution is -0.384. The lowest BCUT2D eigenvalue weighted by Crippen LogP contribution is -2.16. The Kier molecular flexibility index (Phi) is 5.32. The number of benzene rings is 3. The number of nitro benzene ring substituents is 1. The van der Waals surface area contributed by atoms with E-state index >= 15 is 0 Å². The molecule has 156 valence electrons. The van der Waals surface area contributed by atoms with Gasteiger partial charge in [-0.15, -0.1) is 0 Å². The topological polar surface area (TPSA) is 121 Å². The van der Waals surface area contributed by atoms with Crippen LogP contribution < -0.4 is 5.14 Å². The molecule has 4 aromatic rings. The molecule has 1 aromatic heterocycles. The third kappa shape index (κ3) is 4.06. The molecule has 2 N–H and O–H groups in total.